The Bertz CT molecular complexity index is 1560. The molecule has 0 heterocycles. The molecule has 1 saturated carbocycles. The van der Waals surface area contributed by atoms with Gasteiger partial charge in [-0.1, -0.05) is 75.2 Å². The molecule has 0 radical (unpaired) electrons. The number of terminal acetylenes is 3. The molecule has 1 aliphatic carbocycles. The van der Waals surface area contributed by atoms with Crippen LogP contribution in [0.1, 0.15) is 176 Å². The lowest BCUT2D eigenvalue weighted by Gasteiger charge is -2.39. The molecule has 17 nitrogen and oxygen atoms in total. The number of amides is 2. The molecule has 2 amide bonds. The van der Waals surface area contributed by atoms with E-state index in [1.807, 2.05) is 20.8 Å². The number of ketones is 1. The van der Waals surface area contributed by atoms with Gasteiger partial charge >= 0.3 is 5.97 Å². The normalized spacial score (nSPS) is 12.5. The van der Waals surface area contributed by atoms with Crippen molar-refractivity contribution in [2.45, 2.75) is 187 Å². The van der Waals surface area contributed by atoms with Gasteiger partial charge < -0.3 is 68.5 Å². The van der Waals surface area contributed by atoms with Crippen molar-refractivity contribution in [2.24, 2.45) is 5.73 Å². The molecule has 1 fully saturated rings. The number of allylic oxidation sites excluding steroid dienone is 2. The van der Waals surface area contributed by atoms with Crippen molar-refractivity contribution in [3.63, 3.8) is 0 Å². The van der Waals surface area contributed by atoms with Gasteiger partial charge in [0.2, 0.25) is 12.3 Å². The van der Waals surface area contributed by atoms with Crippen LogP contribution in [0.2, 0.25) is 0 Å². The van der Waals surface area contributed by atoms with Crippen LogP contribution < -0.4 is 16.4 Å². The zero-order chi connectivity index (χ0) is 56.5. The fourth-order valence-corrected chi connectivity index (χ4v) is 7.49. The minimum atomic E-state index is -0.424. The van der Waals surface area contributed by atoms with Crippen molar-refractivity contribution in [3.05, 3.63) is 11.3 Å². The molecule has 4 N–H and O–H groups in total. The quantitative estimate of drug-likeness (QED) is 0.0172. The van der Waals surface area contributed by atoms with Crippen LogP contribution in [0.25, 0.3) is 0 Å². The minimum Gasteiger partial charge on any atom is -0.460 e. The van der Waals surface area contributed by atoms with Crippen molar-refractivity contribution in [1.82, 2.24) is 10.6 Å². The highest BCUT2D eigenvalue weighted by Gasteiger charge is 2.32. The maximum atomic E-state index is 13.2. The van der Waals surface area contributed by atoms with Crippen LogP contribution in [-0.2, 0) is 66.5 Å². The van der Waals surface area contributed by atoms with Crippen LogP contribution in [0.3, 0.4) is 0 Å². The smallest absolute Gasteiger partial charge is 0.306 e. The Morgan fingerprint density at radius 2 is 1.01 bits per heavy atom. The monoisotopic (exact) mass is 1080 g/mol. The number of hydrogen-bond acceptors (Lipinski definition) is 15. The Kier molecular flexibility index (Phi) is 54.2. The van der Waals surface area contributed by atoms with Gasteiger partial charge in [0.15, 0.2) is 0 Å². The van der Waals surface area contributed by atoms with E-state index in [0.717, 1.165) is 83.7 Å². The largest absolute Gasteiger partial charge is 0.460 e. The molecule has 0 saturated heterocycles. The van der Waals surface area contributed by atoms with Crippen LogP contribution in [-0.4, -0.2) is 154 Å². The summed E-state index contributed by atoms with van der Waals surface area (Å²) in [6, 6.07) is 0. The molecule has 0 bridgehead atoms. The molecule has 1 aliphatic rings. The third-order valence-corrected chi connectivity index (χ3v) is 11.6. The van der Waals surface area contributed by atoms with Gasteiger partial charge in [0, 0.05) is 50.3 Å². The predicted molar refractivity (Wildman–Crippen MR) is 299 cm³/mol. The molecule has 0 aliphatic heterocycles. The number of esters is 1. The van der Waals surface area contributed by atoms with Crippen molar-refractivity contribution >= 4 is 24.1 Å². The van der Waals surface area contributed by atoms with Gasteiger partial charge in [-0.05, 0) is 105 Å². The van der Waals surface area contributed by atoms with Crippen LogP contribution in [0, 0.1) is 37.0 Å². The Morgan fingerprint density at radius 1 is 0.566 bits per heavy atom. The highest BCUT2D eigenvalue weighted by molar-refractivity contribution is 5.76. The van der Waals surface area contributed by atoms with Crippen molar-refractivity contribution in [2.75, 3.05) is 119 Å². The molecule has 76 heavy (non-hydrogen) atoms. The molecule has 1 atom stereocenters. The first-order chi connectivity index (χ1) is 36.8. The lowest BCUT2D eigenvalue weighted by atomic mass is 9.80. The van der Waals surface area contributed by atoms with Gasteiger partial charge in [-0.3, -0.25) is 14.4 Å². The third kappa shape index (κ3) is 53.3. The molecular weight excluding hydrogens is 975 g/mol. The fourth-order valence-electron chi connectivity index (χ4n) is 7.49. The van der Waals surface area contributed by atoms with E-state index >= 15 is 0 Å². The molecule has 438 valence electrons. The predicted octanol–water partition coefficient (Wildman–Crippen LogP) is 8.33. The lowest BCUT2D eigenvalue weighted by molar-refractivity contribution is -0.155. The van der Waals surface area contributed by atoms with E-state index in [1.165, 1.54) is 43.4 Å². The molecular formula is C59H103N3O14. The molecule has 0 aromatic carbocycles. The lowest BCUT2D eigenvalue weighted by Crippen LogP contribution is -2.47. The number of Topliss-reactive ketones (excluding diaryl/α,β-unsaturated/α-hetero) is 1. The van der Waals surface area contributed by atoms with Gasteiger partial charge in [-0.15, -0.1) is 19.3 Å². The number of rotatable bonds is 50. The standard InChI is InChI=1S/C47H80N2O10.C11H20O3.CH3NO/c1-7-30-53-34-36-56-37-35-55-33-29-48-44(51)25-28-47(27-24-41(3)50,26-17-18-32-57-40-58-39-38-54-31-8-2)49-43(42-20-19-21-42)22-15-13-11-9-10-12-14-16-23-45(52)59-46(4,5)6;1-3-5-7-13-9-11-14-10-8-12-6-4-2;2-1-3/h1-2,49H,9-40H2,3-6H3,(H,48,51);2H,3,5-11H2,1H3;1H,(H2,2,3). The summed E-state index contributed by atoms with van der Waals surface area (Å²) in [5.74, 6) is 7.25. The van der Waals surface area contributed by atoms with Crippen LogP contribution in [0.15, 0.2) is 11.3 Å². The fraction of sp³-hybridized carbons (Fsp3) is 0.797. The zero-order valence-electron chi connectivity index (χ0n) is 47.9. The number of hydrogen-bond donors (Lipinski definition) is 3. The molecule has 1 unspecified atom stereocenters. The summed E-state index contributed by atoms with van der Waals surface area (Å²) in [5, 5.41) is 7.05. The number of ether oxygens (including phenoxy) is 10. The first-order valence-electron chi connectivity index (χ1n) is 28.0. The van der Waals surface area contributed by atoms with Gasteiger partial charge in [0.25, 0.3) is 0 Å². The van der Waals surface area contributed by atoms with Crippen LogP contribution in [0.5, 0.6) is 0 Å². The number of nitrogens with two attached hydrogens (primary N) is 1. The van der Waals surface area contributed by atoms with E-state index in [4.69, 9.17) is 71.4 Å². The number of carbonyl (C=O) groups is 4. The molecule has 0 spiro atoms. The Morgan fingerprint density at radius 3 is 1.50 bits per heavy atom. The highest BCUT2D eigenvalue weighted by atomic mass is 16.7. The van der Waals surface area contributed by atoms with Gasteiger partial charge in [-0.2, -0.15) is 0 Å². The summed E-state index contributed by atoms with van der Waals surface area (Å²) in [5.41, 5.74) is 6.15. The Labute approximate surface area is 459 Å². The first-order valence-corrected chi connectivity index (χ1v) is 28.0. The molecule has 1 rings (SSSR count). The second-order valence-corrected chi connectivity index (χ2v) is 19.4. The maximum absolute atomic E-state index is 13.2. The second kappa shape index (κ2) is 55.7. The maximum Gasteiger partial charge on any atom is 0.306 e. The van der Waals surface area contributed by atoms with E-state index in [1.54, 1.807) is 6.92 Å². The number of nitrogens with one attached hydrogen (secondary N) is 2. The minimum absolute atomic E-state index is 0.0288. The van der Waals surface area contributed by atoms with E-state index in [2.05, 4.69) is 41.1 Å². The van der Waals surface area contributed by atoms with E-state index in [9.17, 15) is 14.4 Å². The average molecular weight is 1080 g/mol. The molecule has 0 aromatic rings. The van der Waals surface area contributed by atoms with E-state index in [0.29, 0.717) is 125 Å². The summed E-state index contributed by atoms with van der Waals surface area (Å²) in [7, 11) is 0. The second-order valence-electron chi connectivity index (χ2n) is 19.4. The van der Waals surface area contributed by atoms with Crippen LogP contribution >= 0.6 is 0 Å². The highest BCUT2D eigenvalue weighted by Crippen LogP contribution is 2.35. The third-order valence-electron chi connectivity index (χ3n) is 11.6. The number of unbranched alkanes of at least 4 members (excludes halogenated alkanes) is 9. The van der Waals surface area contributed by atoms with Crippen molar-refractivity contribution in [1.29, 1.82) is 0 Å². The SMILES string of the molecule is C#CCOCCOCCOCCCC.C#CCOCCOCCOCCNC(=O)CCC(CCCCOCOCCOCC#C)(CCC(C)=O)NC(CCCCCCCCCCC(=O)OC(C)(C)C)=C1CCC1.NC=O. The summed E-state index contributed by atoms with van der Waals surface area (Å²) in [6.45, 7) is 17.8. The molecule has 0 aromatic heterocycles. The first kappa shape index (κ1) is 74.0. The van der Waals surface area contributed by atoms with E-state index < -0.39 is 11.1 Å². The Balaban J connectivity index is 0. The summed E-state index contributed by atoms with van der Waals surface area (Å²) < 4.78 is 53.7. The van der Waals surface area contributed by atoms with Gasteiger partial charge in [0.05, 0.1) is 72.7 Å². The van der Waals surface area contributed by atoms with E-state index in [-0.39, 0.29) is 44.1 Å². The number of carbonyl (C=O) groups excluding carboxylic acids is 4. The van der Waals surface area contributed by atoms with Crippen molar-refractivity contribution in [3.8, 4) is 37.0 Å². The number of primary amides is 1. The topological polar surface area (TPSA) is 211 Å². The average Bonchev–Trinajstić information content (AvgIpc) is 3.36. The van der Waals surface area contributed by atoms with Crippen molar-refractivity contribution < 1.29 is 66.5 Å². The summed E-state index contributed by atoms with van der Waals surface area (Å²) >= 11 is 0. The molecule has 17 heteroatoms. The van der Waals surface area contributed by atoms with Crippen LogP contribution in [0.4, 0.5) is 0 Å². The van der Waals surface area contributed by atoms with Gasteiger partial charge in [-0.25, -0.2) is 0 Å². The zero-order valence-corrected chi connectivity index (χ0v) is 47.9. The Hall–Kier alpha value is -4.06. The summed E-state index contributed by atoms with van der Waals surface area (Å²) in [4.78, 5) is 46.1. The summed E-state index contributed by atoms with van der Waals surface area (Å²) in [6.07, 6.45) is 36.3. The van der Waals surface area contributed by atoms with Gasteiger partial charge in [0.1, 0.15) is 38.0 Å².